The number of esters is 1. The predicted octanol–water partition coefficient (Wildman–Crippen LogP) is 2.71. The van der Waals surface area contributed by atoms with Crippen molar-refractivity contribution in [3.63, 3.8) is 0 Å². The smallest absolute Gasteiger partial charge is 0.314 e. The van der Waals surface area contributed by atoms with Crippen LogP contribution in [0, 0.1) is 16.2 Å². The molecule has 2 saturated carbocycles. The molecule has 0 aromatic rings. The monoisotopic (exact) mass is 302 g/mol. The SMILES string of the molecule is CCOC(=O)C12CCC(C)(C(=O)C1Br)C2(C)C. The fourth-order valence-corrected chi connectivity index (χ4v) is 5.16. The number of fused-ring (bicyclic) bond motifs is 2. The van der Waals surface area contributed by atoms with Crippen LogP contribution in [-0.4, -0.2) is 23.2 Å². The number of hydrogen-bond acceptors (Lipinski definition) is 3. The molecular weight excluding hydrogens is 284 g/mol. The first-order valence-electron chi connectivity index (χ1n) is 6.11. The van der Waals surface area contributed by atoms with Gasteiger partial charge in [0, 0.05) is 5.41 Å². The molecule has 4 heteroatoms. The first kappa shape index (κ1) is 13.1. The third-order valence-electron chi connectivity index (χ3n) is 5.36. The van der Waals surface area contributed by atoms with Crippen molar-refractivity contribution in [3.8, 4) is 0 Å². The highest BCUT2D eigenvalue weighted by molar-refractivity contribution is 9.10. The van der Waals surface area contributed by atoms with Crippen LogP contribution in [0.4, 0.5) is 0 Å². The van der Waals surface area contributed by atoms with Crippen molar-refractivity contribution in [1.82, 2.24) is 0 Å². The molecule has 2 aliphatic rings. The Bertz CT molecular complexity index is 390. The Kier molecular flexibility index (Phi) is 2.74. The Labute approximate surface area is 110 Å². The summed E-state index contributed by atoms with van der Waals surface area (Å²) in [5.74, 6) is -0.0664. The van der Waals surface area contributed by atoms with Crippen LogP contribution in [0.5, 0.6) is 0 Å². The molecule has 0 aliphatic heterocycles. The van der Waals surface area contributed by atoms with Crippen molar-refractivity contribution in [1.29, 1.82) is 0 Å². The molecule has 0 spiro atoms. The average Bonchev–Trinajstić information content (AvgIpc) is 2.52. The standard InChI is InChI=1S/C13H19BrO3/c1-5-17-10(16)13-7-6-12(4,11(13,2)3)9(15)8(13)14/h8H,5-7H2,1-4H3. The number of halogens is 1. The topological polar surface area (TPSA) is 43.4 Å². The van der Waals surface area contributed by atoms with Crippen LogP contribution >= 0.6 is 15.9 Å². The molecule has 3 atom stereocenters. The van der Waals surface area contributed by atoms with Crippen molar-refractivity contribution < 1.29 is 14.3 Å². The molecule has 0 radical (unpaired) electrons. The summed E-state index contributed by atoms with van der Waals surface area (Å²) in [6, 6.07) is 0. The summed E-state index contributed by atoms with van der Waals surface area (Å²) in [6.07, 6.45) is 1.51. The second-order valence-electron chi connectivity index (χ2n) is 5.88. The highest BCUT2D eigenvalue weighted by Gasteiger charge is 2.77. The average molecular weight is 303 g/mol. The van der Waals surface area contributed by atoms with Gasteiger partial charge in [-0.05, 0) is 25.2 Å². The number of ketones is 1. The molecule has 3 unspecified atom stereocenters. The second kappa shape index (κ2) is 3.56. The third kappa shape index (κ3) is 1.18. The van der Waals surface area contributed by atoms with Crippen LogP contribution in [0.2, 0.25) is 0 Å². The van der Waals surface area contributed by atoms with Gasteiger partial charge in [-0.25, -0.2) is 0 Å². The summed E-state index contributed by atoms with van der Waals surface area (Å²) in [7, 11) is 0. The molecule has 2 fully saturated rings. The largest absolute Gasteiger partial charge is 0.466 e. The molecule has 17 heavy (non-hydrogen) atoms. The summed E-state index contributed by atoms with van der Waals surface area (Å²) in [6.45, 7) is 8.20. The second-order valence-corrected chi connectivity index (χ2v) is 6.79. The molecule has 96 valence electrons. The minimum Gasteiger partial charge on any atom is -0.466 e. The minimum atomic E-state index is -0.686. The zero-order valence-corrected chi connectivity index (χ0v) is 12.4. The number of Topliss-reactive ketones (excluding diaryl/α,β-unsaturated/α-hetero) is 1. The van der Waals surface area contributed by atoms with Crippen LogP contribution in [0.1, 0.15) is 40.5 Å². The van der Waals surface area contributed by atoms with E-state index >= 15 is 0 Å². The van der Waals surface area contributed by atoms with E-state index in [1.54, 1.807) is 6.92 Å². The van der Waals surface area contributed by atoms with Crippen molar-refractivity contribution in [3.05, 3.63) is 0 Å². The van der Waals surface area contributed by atoms with Gasteiger partial charge in [0.15, 0.2) is 5.78 Å². The van der Waals surface area contributed by atoms with Crippen LogP contribution < -0.4 is 0 Å². The number of alkyl halides is 1. The summed E-state index contributed by atoms with van der Waals surface area (Å²) in [5, 5.41) is 0. The molecule has 3 nitrogen and oxygen atoms in total. The van der Waals surface area contributed by atoms with E-state index in [-0.39, 0.29) is 17.2 Å². The van der Waals surface area contributed by atoms with Gasteiger partial charge in [0.2, 0.25) is 0 Å². The van der Waals surface area contributed by atoms with Gasteiger partial charge < -0.3 is 4.74 Å². The van der Waals surface area contributed by atoms with Crippen molar-refractivity contribution in [2.24, 2.45) is 16.2 Å². The molecule has 0 aromatic carbocycles. The van der Waals surface area contributed by atoms with E-state index in [0.717, 1.165) is 12.8 Å². The fourth-order valence-electron chi connectivity index (χ4n) is 3.66. The number of carbonyl (C=O) groups is 2. The first-order chi connectivity index (χ1) is 7.75. The van der Waals surface area contributed by atoms with Crippen molar-refractivity contribution in [2.45, 2.75) is 45.4 Å². The summed E-state index contributed by atoms with van der Waals surface area (Å²) in [4.78, 5) is 24.3. The van der Waals surface area contributed by atoms with E-state index in [4.69, 9.17) is 4.74 Å². The fraction of sp³-hybridized carbons (Fsp3) is 0.846. The van der Waals surface area contributed by atoms with Crippen LogP contribution in [0.3, 0.4) is 0 Å². The molecule has 0 heterocycles. The predicted molar refractivity (Wildman–Crippen MR) is 67.9 cm³/mol. The van der Waals surface area contributed by atoms with Crippen molar-refractivity contribution >= 4 is 27.7 Å². The van der Waals surface area contributed by atoms with Gasteiger partial charge in [-0.1, -0.05) is 36.7 Å². The van der Waals surface area contributed by atoms with Crippen LogP contribution in [0.25, 0.3) is 0 Å². The number of rotatable bonds is 2. The van der Waals surface area contributed by atoms with Gasteiger partial charge in [0.05, 0.1) is 16.8 Å². The van der Waals surface area contributed by atoms with Crippen molar-refractivity contribution in [2.75, 3.05) is 6.61 Å². The lowest BCUT2D eigenvalue weighted by molar-refractivity contribution is -0.160. The van der Waals surface area contributed by atoms with E-state index in [1.165, 1.54) is 0 Å². The third-order valence-corrected chi connectivity index (χ3v) is 6.56. The van der Waals surface area contributed by atoms with Crippen LogP contribution in [-0.2, 0) is 14.3 Å². The molecule has 0 N–H and O–H groups in total. The lowest BCUT2D eigenvalue weighted by Crippen LogP contribution is -2.45. The normalized spacial score (nSPS) is 42.9. The Hall–Kier alpha value is -0.380. The summed E-state index contributed by atoms with van der Waals surface area (Å²) >= 11 is 3.45. The maximum Gasteiger partial charge on any atom is 0.314 e. The van der Waals surface area contributed by atoms with Gasteiger partial charge in [-0.3, -0.25) is 9.59 Å². The first-order valence-corrected chi connectivity index (χ1v) is 7.03. The Balaban J connectivity index is 2.54. The van der Waals surface area contributed by atoms with Gasteiger partial charge in [0.25, 0.3) is 0 Å². The lowest BCUT2D eigenvalue weighted by atomic mass is 9.65. The van der Waals surface area contributed by atoms with Gasteiger partial charge in [-0.2, -0.15) is 0 Å². The highest BCUT2D eigenvalue weighted by Crippen LogP contribution is 2.72. The molecule has 0 amide bonds. The maximum atomic E-state index is 12.4. The Morgan fingerprint density at radius 3 is 2.41 bits per heavy atom. The van der Waals surface area contributed by atoms with Crippen LogP contribution in [0.15, 0.2) is 0 Å². The molecule has 2 aliphatic carbocycles. The molecular formula is C13H19BrO3. The molecule has 2 bridgehead atoms. The van der Waals surface area contributed by atoms with Gasteiger partial charge >= 0.3 is 5.97 Å². The maximum absolute atomic E-state index is 12.4. The molecule has 2 rings (SSSR count). The summed E-state index contributed by atoms with van der Waals surface area (Å²) < 4.78 is 5.22. The highest BCUT2D eigenvalue weighted by atomic mass is 79.9. The lowest BCUT2D eigenvalue weighted by Gasteiger charge is -2.38. The zero-order valence-electron chi connectivity index (χ0n) is 10.8. The van der Waals surface area contributed by atoms with E-state index in [2.05, 4.69) is 15.9 Å². The number of hydrogen-bond donors (Lipinski definition) is 0. The quantitative estimate of drug-likeness (QED) is 0.582. The van der Waals surface area contributed by atoms with E-state index in [9.17, 15) is 9.59 Å². The van der Waals surface area contributed by atoms with E-state index in [1.807, 2.05) is 20.8 Å². The minimum absolute atomic E-state index is 0.154. The Morgan fingerprint density at radius 1 is 1.41 bits per heavy atom. The number of ether oxygens (including phenoxy) is 1. The van der Waals surface area contributed by atoms with E-state index < -0.39 is 15.7 Å². The van der Waals surface area contributed by atoms with Gasteiger partial charge in [0.1, 0.15) is 0 Å². The molecule has 0 aromatic heterocycles. The van der Waals surface area contributed by atoms with Gasteiger partial charge in [-0.15, -0.1) is 0 Å². The zero-order chi connectivity index (χ0) is 13.1. The number of carbonyl (C=O) groups excluding carboxylic acids is 2. The molecule has 0 saturated heterocycles. The summed E-state index contributed by atoms with van der Waals surface area (Å²) in [5.41, 5.74) is -1.44. The van der Waals surface area contributed by atoms with E-state index in [0.29, 0.717) is 6.61 Å². The Morgan fingerprint density at radius 2 is 2.00 bits per heavy atom.